The van der Waals surface area contributed by atoms with Crippen molar-refractivity contribution >= 4 is 29.0 Å². The Kier molecular flexibility index (Phi) is 5.05. The number of piperidine rings is 1. The molecule has 22 heavy (non-hydrogen) atoms. The number of urea groups is 1. The Hall–Kier alpha value is -1.46. The molecular weight excluding hydrogens is 302 g/mol. The Bertz CT molecular complexity index is 526. The summed E-state index contributed by atoms with van der Waals surface area (Å²) in [5.41, 5.74) is 1.80. The van der Waals surface area contributed by atoms with Crippen LogP contribution in [0.2, 0.25) is 5.02 Å². The minimum atomic E-state index is -0.0925. The number of morpholine rings is 1. The fourth-order valence-corrected chi connectivity index (χ4v) is 3.24. The highest BCUT2D eigenvalue weighted by atomic mass is 35.5. The molecule has 3 rings (SSSR count). The minimum Gasteiger partial charge on any atom is -0.378 e. The van der Waals surface area contributed by atoms with E-state index in [1.54, 1.807) is 4.90 Å². The maximum absolute atomic E-state index is 12.2. The number of hydrogen-bond donors (Lipinski definition) is 1. The van der Waals surface area contributed by atoms with Gasteiger partial charge in [0, 0.05) is 31.9 Å². The first kappa shape index (κ1) is 15.4. The average molecular weight is 324 g/mol. The van der Waals surface area contributed by atoms with Crippen LogP contribution in [0.4, 0.5) is 16.2 Å². The van der Waals surface area contributed by atoms with Gasteiger partial charge in [-0.2, -0.15) is 0 Å². The van der Waals surface area contributed by atoms with E-state index in [1.807, 2.05) is 18.2 Å². The quantitative estimate of drug-likeness (QED) is 0.909. The van der Waals surface area contributed by atoms with Gasteiger partial charge in [0.1, 0.15) is 0 Å². The zero-order valence-corrected chi connectivity index (χ0v) is 13.4. The van der Waals surface area contributed by atoms with Crippen molar-refractivity contribution < 1.29 is 9.53 Å². The van der Waals surface area contributed by atoms with Gasteiger partial charge in [0.2, 0.25) is 0 Å². The van der Waals surface area contributed by atoms with Gasteiger partial charge in [0.15, 0.2) is 0 Å². The average Bonchev–Trinajstić information content (AvgIpc) is 2.56. The smallest absolute Gasteiger partial charge is 0.322 e. The topological polar surface area (TPSA) is 44.8 Å². The van der Waals surface area contributed by atoms with E-state index in [9.17, 15) is 4.79 Å². The second kappa shape index (κ2) is 7.20. The van der Waals surface area contributed by atoms with Gasteiger partial charge < -0.3 is 19.9 Å². The first-order valence-electron chi connectivity index (χ1n) is 7.92. The Balaban J connectivity index is 1.64. The van der Waals surface area contributed by atoms with E-state index in [2.05, 4.69) is 10.2 Å². The second-order valence-electron chi connectivity index (χ2n) is 5.74. The lowest BCUT2D eigenvalue weighted by Crippen LogP contribution is -2.43. The minimum absolute atomic E-state index is 0.0925. The number of carbonyl (C=O) groups is 1. The molecule has 1 aromatic rings. The SMILES string of the molecule is O=C(Nc1ccc(N2CCCCC2)c(Cl)c1)N1CCOCC1. The molecule has 2 saturated heterocycles. The van der Waals surface area contributed by atoms with Crippen LogP contribution in [0.5, 0.6) is 0 Å². The summed E-state index contributed by atoms with van der Waals surface area (Å²) in [5.74, 6) is 0. The van der Waals surface area contributed by atoms with Crippen molar-refractivity contribution in [1.82, 2.24) is 4.90 Å². The molecule has 0 atom stereocenters. The van der Waals surface area contributed by atoms with Gasteiger partial charge in [-0.05, 0) is 37.5 Å². The predicted molar refractivity (Wildman–Crippen MR) is 88.9 cm³/mol. The Morgan fingerprint density at radius 2 is 1.82 bits per heavy atom. The van der Waals surface area contributed by atoms with Crippen LogP contribution in [0.1, 0.15) is 19.3 Å². The number of benzene rings is 1. The van der Waals surface area contributed by atoms with Crippen LogP contribution in [-0.4, -0.2) is 50.3 Å². The molecule has 2 heterocycles. The summed E-state index contributed by atoms with van der Waals surface area (Å²) < 4.78 is 5.25. The summed E-state index contributed by atoms with van der Waals surface area (Å²) in [5, 5.41) is 3.61. The van der Waals surface area contributed by atoms with Crippen molar-refractivity contribution in [3.8, 4) is 0 Å². The van der Waals surface area contributed by atoms with E-state index >= 15 is 0 Å². The van der Waals surface area contributed by atoms with Crippen molar-refractivity contribution in [2.24, 2.45) is 0 Å². The number of nitrogens with one attached hydrogen (secondary N) is 1. The molecule has 0 spiro atoms. The van der Waals surface area contributed by atoms with E-state index in [0.717, 1.165) is 24.5 Å². The summed E-state index contributed by atoms with van der Waals surface area (Å²) in [6.07, 6.45) is 3.72. The van der Waals surface area contributed by atoms with Gasteiger partial charge in [-0.1, -0.05) is 11.6 Å². The highest BCUT2D eigenvalue weighted by molar-refractivity contribution is 6.33. The standard InChI is InChI=1S/C16H22ClN3O2/c17-14-12-13(18-16(21)20-8-10-22-11-9-20)4-5-15(14)19-6-2-1-3-7-19/h4-5,12H,1-3,6-11H2,(H,18,21). The van der Waals surface area contributed by atoms with Crippen molar-refractivity contribution in [1.29, 1.82) is 0 Å². The monoisotopic (exact) mass is 323 g/mol. The third-order valence-electron chi connectivity index (χ3n) is 4.19. The van der Waals surface area contributed by atoms with Crippen LogP contribution >= 0.6 is 11.6 Å². The molecule has 0 aromatic heterocycles. The zero-order valence-electron chi connectivity index (χ0n) is 12.7. The molecule has 120 valence electrons. The van der Waals surface area contributed by atoms with Crippen LogP contribution in [0.25, 0.3) is 0 Å². The molecule has 0 saturated carbocycles. The summed E-state index contributed by atoms with van der Waals surface area (Å²) in [7, 11) is 0. The van der Waals surface area contributed by atoms with Gasteiger partial charge >= 0.3 is 6.03 Å². The zero-order chi connectivity index (χ0) is 15.4. The first-order valence-corrected chi connectivity index (χ1v) is 8.30. The van der Waals surface area contributed by atoms with Gasteiger partial charge in [-0.25, -0.2) is 4.79 Å². The number of amides is 2. The molecule has 2 fully saturated rings. The van der Waals surface area contributed by atoms with E-state index in [0.29, 0.717) is 31.3 Å². The van der Waals surface area contributed by atoms with Crippen molar-refractivity contribution in [3.05, 3.63) is 23.2 Å². The summed E-state index contributed by atoms with van der Waals surface area (Å²) in [4.78, 5) is 16.2. The first-order chi connectivity index (χ1) is 10.7. The van der Waals surface area contributed by atoms with Gasteiger partial charge in [-0.3, -0.25) is 0 Å². The highest BCUT2D eigenvalue weighted by Gasteiger charge is 2.18. The van der Waals surface area contributed by atoms with Crippen molar-refractivity contribution in [2.45, 2.75) is 19.3 Å². The van der Waals surface area contributed by atoms with Crippen molar-refractivity contribution in [3.63, 3.8) is 0 Å². The maximum atomic E-state index is 12.2. The molecule has 0 unspecified atom stereocenters. The summed E-state index contributed by atoms with van der Waals surface area (Å²) >= 11 is 6.41. The normalized spacial score (nSPS) is 19.1. The van der Waals surface area contributed by atoms with Crippen LogP contribution in [-0.2, 0) is 4.74 Å². The molecule has 1 N–H and O–H groups in total. The molecule has 0 bridgehead atoms. The van der Waals surface area contributed by atoms with Crippen LogP contribution in [0.15, 0.2) is 18.2 Å². The second-order valence-corrected chi connectivity index (χ2v) is 6.15. The molecule has 2 aliphatic rings. The van der Waals surface area contributed by atoms with Crippen LogP contribution in [0, 0.1) is 0 Å². The highest BCUT2D eigenvalue weighted by Crippen LogP contribution is 2.30. The molecule has 2 amide bonds. The number of rotatable bonds is 2. The van der Waals surface area contributed by atoms with Crippen LogP contribution in [0.3, 0.4) is 0 Å². The largest absolute Gasteiger partial charge is 0.378 e. The number of hydrogen-bond acceptors (Lipinski definition) is 3. The van der Waals surface area contributed by atoms with Gasteiger partial charge in [0.25, 0.3) is 0 Å². The molecule has 0 radical (unpaired) electrons. The fraction of sp³-hybridized carbons (Fsp3) is 0.562. The number of halogens is 1. The number of carbonyl (C=O) groups excluding carboxylic acids is 1. The summed E-state index contributed by atoms with van der Waals surface area (Å²) in [6, 6.07) is 5.67. The number of anilines is 2. The van der Waals surface area contributed by atoms with Crippen molar-refractivity contribution in [2.75, 3.05) is 49.6 Å². The summed E-state index contributed by atoms with van der Waals surface area (Å²) in [6.45, 7) is 4.57. The molecule has 5 nitrogen and oxygen atoms in total. The Morgan fingerprint density at radius 1 is 1.09 bits per heavy atom. The predicted octanol–water partition coefficient (Wildman–Crippen LogP) is 3.19. The molecule has 0 aliphatic carbocycles. The lowest BCUT2D eigenvalue weighted by Gasteiger charge is -2.30. The lowest BCUT2D eigenvalue weighted by molar-refractivity contribution is 0.0564. The fourth-order valence-electron chi connectivity index (χ4n) is 2.94. The molecule has 6 heteroatoms. The number of nitrogens with zero attached hydrogens (tertiary/aromatic N) is 2. The molecule has 2 aliphatic heterocycles. The van der Waals surface area contributed by atoms with E-state index in [4.69, 9.17) is 16.3 Å². The Labute approximate surface area is 136 Å². The third-order valence-corrected chi connectivity index (χ3v) is 4.50. The lowest BCUT2D eigenvalue weighted by atomic mass is 10.1. The van der Waals surface area contributed by atoms with E-state index in [-0.39, 0.29) is 6.03 Å². The number of ether oxygens (including phenoxy) is 1. The maximum Gasteiger partial charge on any atom is 0.322 e. The van der Waals surface area contributed by atoms with E-state index < -0.39 is 0 Å². The van der Waals surface area contributed by atoms with Gasteiger partial charge in [-0.15, -0.1) is 0 Å². The third kappa shape index (κ3) is 3.65. The molecular formula is C16H22ClN3O2. The van der Waals surface area contributed by atoms with E-state index in [1.165, 1.54) is 19.3 Å². The molecule has 1 aromatic carbocycles. The van der Waals surface area contributed by atoms with Crippen LogP contribution < -0.4 is 10.2 Å². The Morgan fingerprint density at radius 3 is 2.50 bits per heavy atom. The van der Waals surface area contributed by atoms with Gasteiger partial charge in [0.05, 0.1) is 23.9 Å².